The third kappa shape index (κ3) is 1.46. The predicted molar refractivity (Wildman–Crippen MR) is 33.6 cm³/mol. The minimum atomic E-state index is 0.581. The van der Waals surface area contributed by atoms with Crippen molar-refractivity contribution >= 4 is 0 Å². The van der Waals surface area contributed by atoms with Crippen LogP contribution in [0.5, 0.6) is 0 Å². The maximum atomic E-state index is 6.93. The zero-order chi connectivity index (χ0) is 5.82. The van der Waals surface area contributed by atoms with Gasteiger partial charge in [-0.25, -0.2) is 0 Å². The number of nitrogens with one attached hydrogen (secondary N) is 2. The van der Waals surface area contributed by atoms with E-state index >= 15 is 0 Å². The van der Waals surface area contributed by atoms with Crippen LogP contribution in [0, 0.1) is 0 Å². The second-order valence-electron chi connectivity index (χ2n) is 2.33. The molecule has 1 unspecified atom stereocenters. The van der Waals surface area contributed by atoms with Gasteiger partial charge in [0.2, 0.25) is 0 Å². The lowest BCUT2D eigenvalue weighted by atomic mass is 10.2. The molecule has 2 N–H and O–H groups in total. The van der Waals surface area contributed by atoms with E-state index in [4.69, 9.17) is 5.73 Å². The molecule has 1 fully saturated rings. The van der Waals surface area contributed by atoms with Gasteiger partial charge in [0, 0.05) is 12.6 Å². The van der Waals surface area contributed by atoms with E-state index in [9.17, 15) is 0 Å². The van der Waals surface area contributed by atoms with Crippen LogP contribution in [0.2, 0.25) is 0 Å². The van der Waals surface area contributed by atoms with Crippen molar-refractivity contribution in [1.82, 2.24) is 11.1 Å². The molecule has 1 heterocycles. The molecule has 2 heteroatoms. The van der Waals surface area contributed by atoms with Crippen molar-refractivity contribution in [1.29, 1.82) is 0 Å². The van der Waals surface area contributed by atoms with E-state index in [1.54, 1.807) is 0 Å². The molecule has 1 aliphatic heterocycles. The van der Waals surface area contributed by atoms with Crippen molar-refractivity contribution in [3.05, 3.63) is 0 Å². The average molecular weight is 113 g/mol. The molecule has 0 aromatic carbocycles. The van der Waals surface area contributed by atoms with Gasteiger partial charge in [-0.1, -0.05) is 0 Å². The minimum absolute atomic E-state index is 0.581. The average Bonchev–Trinajstić information content (AvgIpc) is 2.19. The van der Waals surface area contributed by atoms with E-state index in [0.29, 0.717) is 12.6 Å². The molecule has 1 saturated heterocycles. The van der Waals surface area contributed by atoms with Crippen molar-refractivity contribution in [2.45, 2.75) is 25.3 Å². The van der Waals surface area contributed by atoms with Crippen LogP contribution in [0.15, 0.2) is 0 Å². The zero-order valence-electron chi connectivity index (χ0n) is 5.11. The van der Waals surface area contributed by atoms with Gasteiger partial charge >= 0.3 is 0 Å². The number of hydrogen-bond donors (Lipinski definition) is 1. The molecule has 0 saturated carbocycles. The lowest BCUT2D eigenvalue weighted by Crippen LogP contribution is -2.22. The fourth-order valence-corrected chi connectivity index (χ4v) is 1.18. The highest BCUT2D eigenvalue weighted by atomic mass is 14.9. The van der Waals surface area contributed by atoms with Crippen LogP contribution in [0.4, 0.5) is 0 Å². The largest absolute Gasteiger partial charge is 0.314 e. The van der Waals surface area contributed by atoms with Crippen LogP contribution in [-0.4, -0.2) is 19.1 Å². The molecule has 0 amide bonds. The molecule has 1 atom stereocenters. The fourth-order valence-electron chi connectivity index (χ4n) is 1.18. The third-order valence-corrected chi connectivity index (χ3v) is 1.66. The summed E-state index contributed by atoms with van der Waals surface area (Å²) in [7, 11) is 0. The Morgan fingerprint density at radius 3 is 3.00 bits per heavy atom. The number of rotatable bonds is 2. The zero-order valence-corrected chi connectivity index (χ0v) is 5.11. The Kier molecular flexibility index (Phi) is 2.30. The van der Waals surface area contributed by atoms with Gasteiger partial charge in [-0.15, -0.1) is 0 Å². The highest BCUT2D eigenvalue weighted by molar-refractivity contribution is 4.73. The molecule has 1 rings (SSSR count). The topological polar surface area (TPSA) is 35.8 Å². The summed E-state index contributed by atoms with van der Waals surface area (Å²) in [6.07, 6.45) is 3.64. The van der Waals surface area contributed by atoms with E-state index < -0.39 is 0 Å². The van der Waals surface area contributed by atoms with Crippen LogP contribution >= 0.6 is 0 Å². The first-order valence-corrected chi connectivity index (χ1v) is 3.31. The molecule has 1 aliphatic rings. The van der Waals surface area contributed by atoms with Crippen LogP contribution < -0.4 is 11.1 Å². The molecular weight excluding hydrogens is 100 g/mol. The summed E-state index contributed by atoms with van der Waals surface area (Å²) >= 11 is 0. The van der Waals surface area contributed by atoms with E-state index in [1.807, 2.05) is 0 Å². The van der Waals surface area contributed by atoms with Crippen LogP contribution in [0.3, 0.4) is 0 Å². The smallest absolute Gasteiger partial charge is 0.0115 e. The Labute approximate surface area is 50.4 Å². The molecular formula is C6H13N2. The van der Waals surface area contributed by atoms with Gasteiger partial charge in [-0.2, -0.15) is 0 Å². The Balaban J connectivity index is 2.06. The first kappa shape index (κ1) is 6.05. The van der Waals surface area contributed by atoms with Crippen molar-refractivity contribution in [3.8, 4) is 0 Å². The van der Waals surface area contributed by atoms with E-state index in [-0.39, 0.29) is 0 Å². The van der Waals surface area contributed by atoms with Crippen molar-refractivity contribution < 1.29 is 0 Å². The molecule has 0 aromatic heterocycles. The van der Waals surface area contributed by atoms with Gasteiger partial charge in [-0.05, 0) is 25.8 Å². The van der Waals surface area contributed by atoms with Crippen molar-refractivity contribution in [3.63, 3.8) is 0 Å². The normalized spacial score (nSPS) is 28.9. The SMILES string of the molecule is [NH]CCC1CCCN1. The standard InChI is InChI=1S/C6H13N2/c7-4-3-6-2-1-5-8-6/h6-8H,1-5H2. The van der Waals surface area contributed by atoms with Gasteiger partial charge in [0.05, 0.1) is 0 Å². The van der Waals surface area contributed by atoms with Gasteiger partial charge in [0.15, 0.2) is 0 Å². The number of hydrogen-bond acceptors (Lipinski definition) is 1. The third-order valence-electron chi connectivity index (χ3n) is 1.66. The Morgan fingerprint density at radius 2 is 2.50 bits per heavy atom. The highest BCUT2D eigenvalue weighted by Crippen LogP contribution is 2.06. The summed E-state index contributed by atoms with van der Waals surface area (Å²) in [5, 5.41) is 3.34. The molecule has 0 aliphatic carbocycles. The molecule has 1 radical (unpaired) electrons. The molecule has 0 bridgehead atoms. The summed E-state index contributed by atoms with van der Waals surface area (Å²) in [6, 6.07) is 0.674. The van der Waals surface area contributed by atoms with Gasteiger partial charge < -0.3 is 5.32 Å². The summed E-state index contributed by atoms with van der Waals surface area (Å²) in [5.74, 6) is 0. The summed E-state index contributed by atoms with van der Waals surface area (Å²) in [4.78, 5) is 0. The van der Waals surface area contributed by atoms with Crippen LogP contribution in [-0.2, 0) is 0 Å². The lowest BCUT2D eigenvalue weighted by molar-refractivity contribution is 0.563. The lowest BCUT2D eigenvalue weighted by Gasteiger charge is -2.04. The first-order chi connectivity index (χ1) is 3.93. The Hall–Kier alpha value is -0.0800. The molecule has 0 aromatic rings. The maximum absolute atomic E-state index is 6.93. The molecule has 47 valence electrons. The van der Waals surface area contributed by atoms with E-state index in [1.165, 1.54) is 19.4 Å². The van der Waals surface area contributed by atoms with Crippen molar-refractivity contribution in [2.75, 3.05) is 13.1 Å². The highest BCUT2D eigenvalue weighted by Gasteiger charge is 2.11. The minimum Gasteiger partial charge on any atom is -0.314 e. The first-order valence-electron chi connectivity index (χ1n) is 3.31. The fraction of sp³-hybridized carbons (Fsp3) is 1.00. The second kappa shape index (κ2) is 3.05. The van der Waals surface area contributed by atoms with E-state index in [0.717, 1.165) is 6.42 Å². The van der Waals surface area contributed by atoms with Crippen molar-refractivity contribution in [2.24, 2.45) is 0 Å². The quantitative estimate of drug-likeness (QED) is 0.553. The summed E-state index contributed by atoms with van der Waals surface area (Å²) in [5.41, 5.74) is 6.93. The maximum Gasteiger partial charge on any atom is 0.0115 e. The summed E-state index contributed by atoms with van der Waals surface area (Å²) < 4.78 is 0. The van der Waals surface area contributed by atoms with Gasteiger partial charge in [0.1, 0.15) is 0 Å². The second-order valence-corrected chi connectivity index (χ2v) is 2.33. The van der Waals surface area contributed by atoms with E-state index in [2.05, 4.69) is 5.32 Å². The molecule has 8 heavy (non-hydrogen) atoms. The molecule has 0 spiro atoms. The monoisotopic (exact) mass is 113 g/mol. The Bertz CT molecular complexity index is 57.5. The van der Waals surface area contributed by atoms with Crippen LogP contribution in [0.25, 0.3) is 0 Å². The Morgan fingerprint density at radius 1 is 1.62 bits per heavy atom. The van der Waals surface area contributed by atoms with Gasteiger partial charge in [0.25, 0.3) is 0 Å². The predicted octanol–water partition coefficient (Wildman–Crippen LogP) is 0.411. The summed E-state index contributed by atoms with van der Waals surface area (Å²) in [6.45, 7) is 1.75. The van der Waals surface area contributed by atoms with Crippen LogP contribution in [0.1, 0.15) is 19.3 Å². The molecule has 2 nitrogen and oxygen atoms in total. The van der Waals surface area contributed by atoms with Gasteiger partial charge in [-0.3, -0.25) is 5.73 Å².